The standard InChI is InChI=1S/C38H54ClN5O8S/c1-53(50,51)44-17-15-38(16-18-44)23-27(34(46)43-38)22-30(33(45)36(48)40-29-13-14-29)41-35(47)31(21-24-7-3-2-4-8-24)42-37(49)52-32-12-6-10-26(32)19-25-9-5-11-28(39)20-25/h5,9,11,20,24,26-27,29-32H,2-4,6-8,10,12-19,21-23H2,1H3,(H,40,48)(H,41,47)(H,42,49)(H,43,46)/t26?,27?,30?,31-,32?/m0/s1. The molecule has 5 atom stereocenters. The minimum atomic E-state index is -3.37. The first-order chi connectivity index (χ1) is 25.3. The maximum absolute atomic E-state index is 14.1. The molecule has 0 aromatic heterocycles. The number of benzene rings is 1. The quantitative estimate of drug-likeness (QED) is 0.206. The highest BCUT2D eigenvalue weighted by atomic mass is 35.5. The normalized spacial score (nSPS) is 26.0. The number of nitrogens with zero attached hydrogens (tertiary/aromatic N) is 1. The van der Waals surface area contributed by atoms with Gasteiger partial charge >= 0.3 is 6.09 Å². The van der Waals surface area contributed by atoms with E-state index in [0.29, 0.717) is 43.5 Å². The number of Topliss-reactive ketones (excluding diaryl/α,β-unsaturated/α-hetero) is 1. The Hall–Kier alpha value is -3.23. The Morgan fingerprint density at radius 1 is 0.962 bits per heavy atom. The van der Waals surface area contributed by atoms with Gasteiger partial charge < -0.3 is 26.0 Å². The number of hydrogen-bond donors (Lipinski definition) is 4. The molecule has 0 bridgehead atoms. The van der Waals surface area contributed by atoms with E-state index < -0.39 is 57.3 Å². The number of alkyl carbamates (subject to hydrolysis) is 1. The molecule has 1 aromatic carbocycles. The second-order valence-electron chi connectivity index (χ2n) is 16.1. The molecule has 4 unspecified atom stereocenters. The minimum Gasteiger partial charge on any atom is -0.446 e. The monoisotopic (exact) mass is 775 g/mol. The van der Waals surface area contributed by atoms with Crippen LogP contribution < -0.4 is 21.3 Å². The van der Waals surface area contributed by atoms with Crippen LogP contribution in [0.25, 0.3) is 0 Å². The summed E-state index contributed by atoms with van der Waals surface area (Å²) in [6.45, 7) is 0.531. The second-order valence-corrected chi connectivity index (χ2v) is 18.6. The molecule has 0 radical (unpaired) electrons. The second kappa shape index (κ2) is 17.1. The van der Waals surface area contributed by atoms with Crippen molar-refractivity contribution in [2.75, 3.05) is 19.3 Å². The third-order valence-corrected chi connectivity index (χ3v) is 13.5. The number of carbonyl (C=O) groups is 5. The summed E-state index contributed by atoms with van der Waals surface area (Å²) in [5.74, 6) is -2.92. The lowest BCUT2D eigenvalue weighted by atomic mass is 9.82. The van der Waals surface area contributed by atoms with Crippen molar-refractivity contribution in [2.24, 2.45) is 17.8 Å². The molecule has 53 heavy (non-hydrogen) atoms. The zero-order chi connectivity index (χ0) is 37.8. The Morgan fingerprint density at radius 3 is 2.38 bits per heavy atom. The number of carbonyl (C=O) groups excluding carboxylic acids is 5. The molecule has 1 spiro atoms. The highest BCUT2D eigenvalue weighted by Crippen LogP contribution is 2.37. The van der Waals surface area contributed by atoms with E-state index in [1.165, 1.54) is 4.31 Å². The summed E-state index contributed by atoms with van der Waals surface area (Å²) >= 11 is 6.21. The molecule has 2 aliphatic heterocycles. The van der Waals surface area contributed by atoms with Gasteiger partial charge in [-0.1, -0.05) is 55.8 Å². The third-order valence-electron chi connectivity index (χ3n) is 12.0. The molecule has 1 aromatic rings. The van der Waals surface area contributed by atoms with Crippen LogP contribution in [0, 0.1) is 17.8 Å². The van der Waals surface area contributed by atoms with Crippen LogP contribution in [0.4, 0.5) is 4.79 Å². The van der Waals surface area contributed by atoms with Gasteiger partial charge in [0, 0.05) is 41.5 Å². The van der Waals surface area contributed by atoms with E-state index in [1.54, 1.807) is 0 Å². The lowest BCUT2D eigenvalue weighted by molar-refractivity contribution is -0.141. The van der Waals surface area contributed by atoms with Crippen molar-refractivity contribution in [3.8, 4) is 0 Å². The van der Waals surface area contributed by atoms with Crippen LogP contribution >= 0.6 is 11.6 Å². The fourth-order valence-electron chi connectivity index (χ4n) is 8.83. The summed E-state index contributed by atoms with van der Waals surface area (Å²) in [4.78, 5) is 67.7. The first kappa shape index (κ1) is 39.5. The molecule has 4 N–H and O–H groups in total. The van der Waals surface area contributed by atoms with E-state index in [1.807, 2.05) is 24.3 Å². The SMILES string of the molecule is CS(=O)(=O)N1CCC2(CC1)CC(CC(NC(=O)[C@H](CC1CCCCC1)NC(=O)OC1CCCC1Cc1cccc(Cl)c1)C(=O)C(=O)NC1CC1)C(=O)N2. The van der Waals surface area contributed by atoms with Gasteiger partial charge in [-0.3, -0.25) is 19.2 Å². The highest BCUT2D eigenvalue weighted by molar-refractivity contribution is 7.88. The van der Waals surface area contributed by atoms with Crippen molar-refractivity contribution in [3.63, 3.8) is 0 Å². The summed E-state index contributed by atoms with van der Waals surface area (Å²) < 4.78 is 31.5. The van der Waals surface area contributed by atoms with E-state index in [9.17, 15) is 32.4 Å². The van der Waals surface area contributed by atoms with E-state index >= 15 is 0 Å². The first-order valence-corrected chi connectivity index (χ1v) is 21.6. The molecule has 292 valence electrons. The van der Waals surface area contributed by atoms with Crippen LogP contribution in [0.2, 0.25) is 5.02 Å². The van der Waals surface area contributed by atoms with Crippen molar-refractivity contribution >= 4 is 51.2 Å². The molecule has 5 fully saturated rings. The van der Waals surface area contributed by atoms with Gasteiger partial charge in [-0.05, 0) is 94.2 Å². The number of ketones is 1. The van der Waals surface area contributed by atoms with Gasteiger partial charge in [0.25, 0.3) is 5.91 Å². The van der Waals surface area contributed by atoms with Crippen molar-refractivity contribution in [1.82, 2.24) is 25.6 Å². The Morgan fingerprint density at radius 2 is 1.70 bits per heavy atom. The van der Waals surface area contributed by atoms with Crippen LogP contribution in [0.1, 0.15) is 102 Å². The molecule has 15 heteroatoms. The van der Waals surface area contributed by atoms with Crippen molar-refractivity contribution in [1.29, 1.82) is 0 Å². The number of hydrogen-bond acceptors (Lipinski definition) is 8. The Bertz CT molecular complexity index is 1640. The molecule has 13 nitrogen and oxygen atoms in total. The molecule has 3 saturated carbocycles. The lowest BCUT2D eigenvalue weighted by Crippen LogP contribution is -2.55. The number of rotatable bonds is 14. The predicted molar refractivity (Wildman–Crippen MR) is 198 cm³/mol. The fourth-order valence-corrected chi connectivity index (χ4v) is 9.89. The van der Waals surface area contributed by atoms with Gasteiger partial charge in [0.15, 0.2) is 0 Å². The molecule has 2 heterocycles. The summed E-state index contributed by atoms with van der Waals surface area (Å²) in [7, 11) is -3.37. The Balaban J connectivity index is 1.14. The largest absolute Gasteiger partial charge is 0.446 e. The maximum atomic E-state index is 14.1. The molecule has 2 saturated heterocycles. The zero-order valence-corrected chi connectivity index (χ0v) is 32.2. The summed E-state index contributed by atoms with van der Waals surface area (Å²) in [5, 5.41) is 12.0. The predicted octanol–water partition coefficient (Wildman–Crippen LogP) is 3.77. The maximum Gasteiger partial charge on any atom is 0.408 e. The minimum absolute atomic E-state index is 0.0883. The Labute approximate surface area is 317 Å². The smallest absolute Gasteiger partial charge is 0.408 e. The average molecular weight is 776 g/mol. The van der Waals surface area contributed by atoms with Crippen LogP contribution in [0.3, 0.4) is 0 Å². The van der Waals surface area contributed by atoms with Gasteiger partial charge in [0.2, 0.25) is 27.6 Å². The van der Waals surface area contributed by atoms with Crippen LogP contribution in [-0.2, 0) is 40.4 Å². The molecule has 6 rings (SSSR count). The van der Waals surface area contributed by atoms with Crippen LogP contribution in [-0.4, -0.2) is 91.4 Å². The fraction of sp³-hybridized carbons (Fsp3) is 0.711. The first-order valence-electron chi connectivity index (χ1n) is 19.4. The van der Waals surface area contributed by atoms with Gasteiger partial charge in [-0.25, -0.2) is 17.5 Å². The topological polar surface area (TPSA) is 180 Å². The van der Waals surface area contributed by atoms with Crippen molar-refractivity contribution < 1.29 is 37.1 Å². The molecule has 5 aliphatic rings. The number of sulfonamides is 1. The van der Waals surface area contributed by atoms with E-state index in [0.717, 1.165) is 69.6 Å². The molecular formula is C38H54ClN5O8S. The zero-order valence-electron chi connectivity index (χ0n) is 30.6. The van der Waals surface area contributed by atoms with Crippen LogP contribution in [0.5, 0.6) is 0 Å². The van der Waals surface area contributed by atoms with Gasteiger partial charge in [-0.15, -0.1) is 0 Å². The Kier molecular flexibility index (Phi) is 12.7. The van der Waals surface area contributed by atoms with Crippen molar-refractivity contribution in [3.05, 3.63) is 34.9 Å². The molecular weight excluding hydrogens is 722 g/mol. The van der Waals surface area contributed by atoms with E-state index in [-0.39, 0.29) is 49.4 Å². The van der Waals surface area contributed by atoms with Crippen molar-refractivity contribution in [2.45, 2.75) is 133 Å². The number of halogens is 1. The van der Waals surface area contributed by atoms with E-state index in [4.69, 9.17) is 16.3 Å². The summed E-state index contributed by atoms with van der Waals surface area (Å²) in [5.41, 5.74) is 0.437. The van der Waals surface area contributed by atoms with Gasteiger partial charge in [0.1, 0.15) is 12.1 Å². The molecule has 4 amide bonds. The third kappa shape index (κ3) is 10.7. The molecule has 3 aliphatic carbocycles. The van der Waals surface area contributed by atoms with Crippen LogP contribution in [0.15, 0.2) is 24.3 Å². The van der Waals surface area contributed by atoms with Gasteiger partial charge in [0.05, 0.1) is 12.3 Å². The van der Waals surface area contributed by atoms with Gasteiger partial charge in [-0.2, -0.15) is 0 Å². The number of amides is 4. The lowest BCUT2D eigenvalue weighted by Gasteiger charge is -2.38. The average Bonchev–Trinajstić information content (AvgIpc) is 3.75. The highest BCUT2D eigenvalue weighted by Gasteiger charge is 2.48. The number of ether oxygens (including phenoxy) is 1. The number of piperidine rings is 1. The summed E-state index contributed by atoms with van der Waals surface area (Å²) in [6, 6.07) is 5.25. The summed E-state index contributed by atoms with van der Waals surface area (Å²) in [6.07, 6.45) is 11.4. The number of nitrogens with one attached hydrogen (secondary N) is 4. The van der Waals surface area contributed by atoms with E-state index in [2.05, 4.69) is 21.3 Å².